The van der Waals surface area contributed by atoms with E-state index in [9.17, 15) is 9.18 Å². The fourth-order valence-corrected chi connectivity index (χ4v) is 2.31. The zero-order chi connectivity index (χ0) is 16.2. The molecular weight excluding hydrogens is 363 g/mol. The third-order valence-electron chi connectivity index (χ3n) is 3.16. The van der Waals surface area contributed by atoms with Gasteiger partial charge in [-0.25, -0.2) is 4.39 Å². The van der Waals surface area contributed by atoms with E-state index in [4.69, 9.17) is 4.52 Å². The van der Waals surface area contributed by atoms with Gasteiger partial charge in [-0.05, 0) is 48.5 Å². The molecule has 0 aliphatic heterocycles. The van der Waals surface area contributed by atoms with Gasteiger partial charge in [-0.1, -0.05) is 21.1 Å². The second-order valence-electron chi connectivity index (χ2n) is 4.92. The third kappa shape index (κ3) is 4.04. The number of halogens is 2. The van der Waals surface area contributed by atoms with Gasteiger partial charge in [0.05, 0.1) is 12.1 Å². The smallest absolute Gasteiger partial charge is 0.230 e. The van der Waals surface area contributed by atoms with Gasteiger partial charge >= 0.3 is 0 Å². The minimum absolute atomic E-state index is 0.0980. The Morgan fingerprint density at radius 2 is 1.83 bits per heavy atom. The number of carbonyl (C=O) groups excluding carboxylic acids is 1. The van der Waals surface area contributed by atoms with Crippen LogP contribution >= 0.6 is 15.9 Å². The van der Waals surface area contributed by atoms with Crippen molar-refractivity contribution in [2.24, 2.45) is 0 Å². The summed E-state index contributed by atoms with van der Waals surface area (Å²) in [6.45, 7) is 0. The van der Waals surface area contributed by atoms with Gasteiger partial charge in [-0.15, -0.1) is 0 Å². The van der Waals surface area contributed by atoms with Crippen LogP contribution < -0.4 is 5.32 Å². The first-order valence-corrected chi connectivity index (χ1v) is 7.66. The molecule has 0 spiro atoms. The Morgan fingerprint density at radius 1 is 1.13 bits per heavy atom. The van der Waals surface area contributed by atoms with Gasteiger partial charge in [-0.2, -0.15) is 0 Å². The number of rotatable bonds is 4. The Labute approximate surface area is 140 Å². The first-order valence-electron chi connectivity index (χ1n) is 6.87. The van der Waals surface area contributed by atoms with Crippen molar-refractivity contribution in [2.75, 3.05) is 5.32 Å². The Morgan fingerprint density at radius 3 is 2.52 bits per heavy atom. The van der Waals surface area contributed by atoms with Crippen LogP contribution in [0.2, 0.25) is 0 Å². The van der Waals surface area contributed by atoms with Crippen LogP contribution in [0.5, 0.6) is 0 Å². The van der Waals surface area contributed by atoms with Crippen molar-refractivity contribution in [1.82, 2.24) is 5.16 Å². The number of nitrogens with one attached hydrogen (secondary N) is 1. The van der Waals surface area contributed by atoms with Gasteiger partial charge in [-0.3, -0.25) is 4.79 Å². The summed E-state index contributed by atoms with van der Waals surface area (Å²) < 4.78 is 19.0. The monoisotopic (exact) mass is 374 g/mol. The molecule has 0 aliphatic carbocycles. The van der Waals surface area contributed by atoms with E-state index in [1.165, 1.54) is 12.1 Å². The molecule has 0 aliphatic rings. The van der Waals surface area contributed by atoms with E-state index in [1.54, 1.807) is 30.3 Å². The van der Waals surface area contributed by atoms with Crippen LogP contribution in [0, 0.1) is 5.82 Å². The number of benzene rings is 2. The van der Waals surface area contributed by atoms with Gasteiger partial charge in [0.2, 0.25) is 5.91 Å². The molecule has 2 aromatic carbocycles. The maximum Gasteiger partial charge on any atom is 0.230 e. The summed E-state index contributed by atoms with van der Waals surface area (Å²) in [7, 11) is 0. The van der Waals surface area contributed by atoms with E-state index in [0.29, 0.717) is 22.7 Å². The Kier molecular flexibility index (Phi) is 4.52. The Bertz CT molecular complexity index is 813. The van der Waals surface area contributed by atoms with E-state index in [2.05, 4.69) is 26.4 Å². The first kappa shape index (κ1) is 15.4. The van der Waals surface area contributed by atoms with E-state index >= 15 is 0 Å². The summed E-state index contributed by atoms with van der Waals surface area (Å²) in [5.41, 5.74) is 1.93. The molecule has 0 radical (unpaired) electrons. The van der Waals surface area contributed by atoms with Gasteiger partial charge < -0.3 is 9.84 Å². The molecular formula is C17H12BrFN2O2. The molecule has 1 aromatic heterocycles. The van der Waals surface area contributed by atoms with Crippen LogP contribution in [0.3, 0.4) is 0 Å². The summed E-state index contributed by atoms with van der Waals surface area (Å²) in [5.74, 6) is -0.00918. The normalized spacial score (nSPS) is 10.5. The highest BCUT2D eigenvalue weighted by Crippen LogP contribution is 2.21. The fraction of sp³-hybridized carbons (Fsp3) is 0.0588. The lowest BCUT2D eigenvalue weighted by atomic mass is 10.1. The molecule has 0 bridgehead atoms. The average Bonchev–Trinajstić information content (AvgIpc) is 2.98. The second kappa shape index (κ2) is 6.75. The van der Waals surface area contributed by atoms with E-state index in [0.717, 1.165) is 4.47 Å². The van der Waals surface area contributed by atoms with Crippen molar-refractivity contribution in [1.29, 1.82) is 0 Å². The predicted molar refractivity (Wildman–Crippen MR) is 88.4 cm³/mol. The van der Waals surface area contributed by atoms with Crippen molar-refractivity contribution < 1.29 is 13.7 Å². The molecule has 3 rings (SSSR count). The quantitative estimate of drug-likeness (QED) is 0.734. The maximum atomic E-state index is 12.9. The highest BCUT2D eigenvalue weighted by Gasteiger charge is 2.11. The fourth-order valence-electron chi connectivity index (χ4n) is 2.05. The van der Waals surface area contributed by atoms with Crippen LogP contribution in [0.15, 0.2) is 63.6 Å². The van der Waals surface area contributed by atoms with Crippen LogP contribution in [-0.2, 0) is 11.2 Å². The lowest BCUT2D eigenvalue weighted by Gasteiger charge is -2.03. The number of nitrogens with zero attached hydrogens (tertiary/aromatic N) is 1. The summed E-state index contributed by atoms with van der Waals surface area (Å²) in [6, 6.07) is 14.9. The first-order chi connectivity index (χ1) is 11.1. The molecule has 0 atom stereocenters. The second-order valence-corrected chi connectivity index (χ2v) is 5.84. The van der Waals surface area contributed by atoms with Gasteiger partial charge in [0.25, 0.3) is 0 Å². The van der Waals surface area contributed by atoms with Crippen LogP contribution in [0.1, 0.15) is 5.69 Å². The highest BCUT2D eigenvalue weighted by molar-refractivity contribution is 9.10. The van der Waals surface area contributed by atoms with Crippen LogP contribution in [-0.4, -0.2) is 11.1 Å². The van der Waals surface area contributed by atoms with Crippen molar-refractivity contribution in [3.8, 4) is 11.3 Å². The molecule has 1 N–H and O–H groups in total. The minimum Gasteiger partial charge on any atom is -0.356 e. The molecule has 1 heterocycles. The minimum atomic E-state index is -0.317. The predicted octanol–water partition coefficient (Wildman–Crippen LogP) is 4.42. The SMILES string of the molecule is O=C(Cc1cc(-c2ccc(F)cc2)on1)Nc1ccc(Br)cc1. The number of amides is 1. The molecule has 4 nitrogen and oxygen atoms in total. The number of hydrogen-bond donors (Lipinski definition) is 1. The number of anilines is 1. The lowest BCUT2D eigenvalue weighted by molar-refractivity contribution is -0.115. The van der Waals surface area contributed by atoms with Gasteiger partial charge in [0.1, 0.15) is 5.82 Å². The zero-order valence-corrected chi connectivity index (χ0v) is 13.5. The Balaban J connectivity index is 1.65. The third-order valence-corrected chi connectivity index (χ3v) is 3.69. The topological polar surface area (TPSA) is 55.1 Å². The summed E-state index contributed by atoms with van der Waals surface area (Å²) >= 11 is 3.34. The molecule has 1 amide bonds. The van der Waals surface area contributed by atoms with E-state index < -0.39 is 0 Å². The van der Waals surface area contributed by atoms with Crippen LogP contribution in [0.4, 0.5) is 10.1 Å². The van der Waals surface area contributed by atoms with Gasteiger partial charge in [0.15, 0.2) is 5.76 Å². The van der Waals surface area contributed by atoms with E-state index in [1.807, 2.05) is 12.1 Å². The molecule has 0 fully saturated rings. The molecule has 0 saturated heterocycles. The van der Waals surface area contributed by atoms with Gasteiger partial charge in [0, 0.05) is 21.8 Å². The molecule has 0 saturated carbocycles. The number of aromatic nitrogens is 1. The largest absolute Gasteiger partial charge is 0.356 e. The summed E-state index contributed by atoms with van der Waals surface area (Å²) in [4.78, 5) is 12.0. The molecule has 3 aromatic rings. The molecule has 0 unspecified atom stereocenters. The van der Waals surface area contributed by atoms with Crippen molar-refractivity contribution in [3.05, 3.63) is 70.6 Å². The summed E-state index contributed by atoms with van der Waals surface area (Å²) in [5, 5.41) is 6.66. The molecule has 6 heteroatoms. The van der Waals surface area contributed by atoms with Crippen molar-refractivity contribution in [2.45, 2.75) is 6.42 Å². The van der Waals surface area contributed by atoms with Crippen molar-refractivity contribution >= 4 is 27.5 Å². The maximum absolute atomic E-state index is 12.9. The molecule has 23 heavy (non-hydrogen) atoms. The highest BCUT2D eigenvalue weighted by atomic mass is 79.9. The van der Waals surface area contributed by atoms with E-state index in [-0.39, 0.29) is 18.1 Å². The number of hydrogen-bond acceptors (Lipinski definition) is 3. The van der Waals surface area contributed by atoms with Crippen molar-refractivity contribution in [3.63, 3.8) is 0 Å². The van der Waals surface area contributed by atoms with Crippen LogP contribution in [0.25, 0.3) is 11.3 Å². The lowest BCUT2D eigenvalue weighted by Crippen LogP contribution is -2.14. The Hall–Kier alpha value is -2.47. The average molecular weight is 375 g/mol. The summed E-state index contributed by atoms with van der Waals surface area (Å²) in [6.07, 6.45) is 0.0980. The molecule has 116 valence electrons. The zero-order valence-electron chi connectivity index (χ0n) is 11.9. The standard InChI is InChI=1S/C17H12BrFN2O2/c18-12-3-7-14(8-4-12)20-17(22)10-15-9-16(23-21-15)11-1-5-13(19)6-2-11/h1-9H,10H2,(H,20,22). The number of carbonyl (C=O) groups is 1.